The van der Waals surface area contributed by atoms with Crippen LogP contribution in [0.25, 0.3) is 0 Å². The first-order valence-corrected chi connectivity index (χ1v) is 5.20. The summed E-state index contributed by atoms with van der Waals surface area (Å²) in [5.74, 6) is 0.346. The van der Waals surface area contributed by atoms with Gasteiger partial charge in [-0.25, -0.2) is 4.79 Å². The maximum Gasteiger partial charge on any atom is 0.338 e. The number of carbonyl (C=O) groups excluding carboxylic acids is 1. The molecule has 1 aromatic carbocycles. The van der Waals surface area contributed by atoms with E-state index in [1.54, 1.807) is 6.92 Å². The summed E-state index contributed by atoms with van der Waals surface area (Å²) in [7, 11) is 2.92. The van der Waals surface area contributed by atoms with Crippen molar-refractivity contribution >= 4 is 5.97 Å². The molecular weight excluding hydrogens is 224 g/mol. The first-order chi connectivity index (χ1) is 8.17. The van der Waals surface area contributed by atoms with E-state index in [0.717, 1.165) is 0 Å². The molecular formula is C12H16O5. The minimum Gasteiger partial charge on any atom is -0.496 e. The van der Waals surface area contributed by atoms with E-state index in [9.17, 15) is 9.90 Å². The molecule has 0 spiro atoms. The van der Waals surface area contributed by atoms with Crippen molar-refractivity contribution in [3.05, 3.63) is 23.3 Å². The van der Waals surface area contributed by atoms with Crippen molar-refractivity contribution in [2.24, 2.45) is 0 Å². The normalized spacial score (nSPS) is 9.88. The largest absolute Gasteiger partial charge is 0.496 e. The zero-order valence-electron chi connectivity index (χ0n) is 10.1. The quantitative estimate of drug-likeness (QED) is 0.787. The first-order valence-electron chi connectivity index (χ1n) is 5.20. The number of aliphatic hydroxyl groups is 1. The van der Waals surface area contributed by atoms with Crippen LogP contribution in [0.3, 0.4) is 0 Å². The molecule has 0 unspecified atom stereocenters. The molecule has 0 radical (unpaired) electrons. The van der Waals surface area contributed by atoms with Crippen molar-refractivity contribution in [1.82, 2.24) is 0 Å². The Hall–Kier alpha value is -1.75. The third-order valence-electron chi connectivity index (χ3n) is 2.28. The van der Waals surface area contributed by atoms with Crippen molar-refractivity contribution in [3.63, 3.8) is 0 Å². The van der Waals surface area contributed by atoms with Gasteiger partial charge in [0.25, 0.3) is 0 Å². The number of esters is 1. The van der Waals surface area contributed by atoms with Gasteiger partial charge in [0.1, 0.15) is 11.5 Å². The van der Waals surface area contributed by atoms with Crippen LogP contribution < -0.4 is 9.47 Å². The molecule has 0 heterocycles. The number of aliphatic hydroxyl groups excluding tert-OH is 1. The molecule has 0 aromatic heterocycles. The topological polar surface area (TPSA) is 65.0 Å². The molecule has 1 rings (SSSR count). The number of methoxy groups -OCH3 is 2. The summed E-state index contributed by atoms with van der Waals surface area (Å²) in [6.45, 7) is 1.80. The summed E-state index contributed by atoms with van der Waals surface area (Å²) >= 11 is 0. The monoisotopic (exact) mass is 240 g/mol. The Bertz CT molecular complexity index is 375. The molecule has 0 saturated carbocycles. The molecule has 0 aliphatic carbocycles. The molecule has 1 N–H and O–H groups in total. The molecule has 0 aliphatic heterocycles. The zero-order valence-corrected chi connectivity index (χ0v) is 10.1. The van der Waals surface area contributed by atoms with Crippen molar-refractivity contribution < 1.29 is 24.1 Å². The number of benzene rings is 1. The van der Waals surface area contributed by atoms with Gasteiger partial charge in [-0.05, 0) is 19.1 Å². The summed E-state index contributed by atoms with van der Waals surface area (Å²) in [5, 5.41) is 9.22. The number of hydrogen-bond acceptors (Lipinski definition) is 5. The van der Waals surface area contributed by atoms with Gasteiger partial charge in [0.2, 0.25) is 0 Å². The average Bonchev–Trinajstić information content (AvgIpc) is 2.37. The Labute approximate surface area is 99.9 Å². The third-order valence-corrected chi connectivity index (χ3v) is 2.28. The van der Waals surface area contributed by atoms with Crippen LogP contribution in [0.1, 0.15) is 22.8 Å². The first kappa shape index (κ1) is 13.3. The molecule has 0 atom stereocenters. The lowest BCUT2D eigenvalue weighted by Crippen LogP contribution is -2.07. The maximum atomic E-state index is 11.6. The van der Waals surface area contributed by atoms with Gasteiger partial charge in [0.05, 0.1) is 38.6 Å². The SMILES string of the molecule is CCOC(=O)c1cc(OC)c(CO)c(OC)c1. The van der Waals surface area contributed by atoms with Gasteiger partial charge in [-0.2, -0.15) is 0 Å². The van der Waals surface area contributed by atoms with E-state index >= 15 is 0 Å². The smallest absolute Gasteiger partial charge is 0.338 e. The molecule has 0 aliphatic rings. The second-order valence-electron chi connectivity index (χ2n) is 3.24. The van der Waals surface area contributed by atoms with Crippen molar-refractivity contribution in [1.29, 1.82) is 0 Å². The van der Waals surface area contributed by atoms with Gasteiger partial charge in [-0.1, -0.05) is 0 Å². The molecule has 17 heavy (non-hydrogen) atoms. The van der Waals surface area contributed by atoms with E-state index in [-0.39, 0.29) is 6.61 Å². The van der Waals surface area contributed by atoms with E-state index < -0.39 is 5.97 Å². The van der Waals surface area contributed by atoms with E-state index in [1.807, 2.05) is 0 Å². The summed E-state index contributed by atoms with van der Waals surface area (Å²) in [6, 6.07) is 3.04. The summed E-state index contributed by atoms with van der Waals surface area (Å²) in [4.78, 5) is 11.6. The number of rotatable bonds is 5. The lowest BCUT2D eigenvalue weighted by Gasteiger charge is -2.13. The van der Waals surface area contributed by atoms with Crippen LogP contribution in [0.4, 0.5) is 0 Å². The Morgan fingerprint density at radius 3 is 2.12 bits per heavy atom. The molecule has 5 nitrogen and oxygen atoms in total. The van der Waals surface area contributed by atoms with Crippen LogP contribution in [0.15, 0.2) is 12.1 Å². The van der Waals surface area contributed by atoms with Crippen LogP contribution in [0.2, 0.25) is 0 Å². The van der Waals surface area contributed by atoms with Crippen LogP contribution in [0.5, 0.6) is 11.5 Å². The molecule has 1 aromatic rings. The van der Waals surface area contributed by atoms with Gasteiger partial charge in [0.15, 0.2) is 0 Å². The van der Waals surface area contributed by atoms with Gasteiger partial charge in [-0.15, -0.1) is 0 Å². The predicted molar refractivity (Wildman–Crippen MR) is 61.4 cm³/mol. The van der Waals surface area contributed by atoms with Crippen LogP contribution in [0, 0.1) is 0 Å². The minimum atomic E-state index is -0.450. The highest BCUT2D eigenvalue weighted by Gasteiger charge is 2.16. The molecule has 94 valence electrons. The second kappa shape index (κ2) is 6.10. The lowest BCUT2D eigenvalue weighted by atomic mass is 10.1. The maximum absolute atomic E-state index is 11.6. The Morgan fingerprint density at radius 2 is 1.76 bits per heavy atom. The molecule has 0 saturated heterocycles. The summed E-state index contributed by atoms with van der Waals surface area (Å²) in [6.07, 6.45) is 0. The Morgan fingerprint density at radius 1 is 1.24 bits per heavy atom. The standard InChI is InChI=1S/C12H16O5/c1-4-17-12(14)8-5-10(15-2)9(7-13)11(6-8)16-3/h5-6,13H,4,7H2,1-3H3. The second-order valence-corrected chi connectivity index (χ2v) is 3.24. The number of ether oxygens (including phenoxy) is 3. The van der Waals surface area contributed by atoms with Gasteiger partial charge in [-0.3, -0.25) is 0 Å². The highest BCUT2D eigenvalue weighted by atomic mass is 16.5. The highest BCUT2D eigenvalue weighted by molar-refractivity contribution is 5.90. The molecule has 5 heteroatoms. The molecule has 0 fully saturated rings. The fourth-order valence-corrected chi connectivity index (χ4v) is 1.47. The van der Waals surface area contributed by atoms with Gasteiger partial charge in [0, 0.05) is 0 Å². The number of carbonyl (C=O) groups is 1. The van der Waals surface area contributed by atoms with Crippen molar-refractivity contribution in [2.45, 2.75) is 13.5 Å². The molecule has 0 amide bonds. The predicted octanol–water partition coefficient (Wildman–Crippen LogP) is 1.37. The minimum absolute atomic E-state index is 0.227. The average molecular weight is 240 g/mol. The van der Waals surface area contributed by atoms with E-state index in [4.69, 9.17) is 14.2 Å². The van der Waals surface area contributed by atoms with Crippen molar-refractivity contribution in [2.75, 3.05) is 20.8 Å². The van der Waals surface area contributed by atoms with Crippen LogP contribution in [-0.4, -0.2) is 31.9 Å². The summed E-state index contributed by atoms with van der Waals surface area (Å²) < 4.78 is 15.1. The van der Waals surface area contributed by atoms with E-state index in [0.29, 0.717) is 29.2 Å². The van der Waals surface area contributed by atoms with E-state index in [2.05, 4.69) is 0 Å². The fraction of sp³-hybridized carbons (Fsp3) is 0.417. The van der Waals surface area contributed by atoms with E-state index in [1.165, 1.54) is 26.4 Å². The number of hydrogen-bond donors (Lipinski definition) is 1. The molecule has 0 bridgehead atoms. The highest BCUT2D eigenvalue weighted by Crippen LogP contribution is 2.30. The Kier molecular flexibility index (Phi) is 4.78. The zero-order chi connectivity index (χ0) is 12.8. The van der Waals surface area contributed by atoms with Crippen LogP contribution >= 0.6 is 0 Å². The third kappa shape index (κ3) is 2.88. The summed E-state index contributed by atoms with van der Waals surface area (Å²) in [5.41, 5.74) is 0.834. The lowest BCUT2D eigenvalue weighted by molar-refractivity contribution is 0.0525. The van der Waals surface area contributed by atoms with Crippen LogP contribution in [-0.2, 0) is 11.3 Å². The van der Waals surface area contributed by atoms with Crippen molar-refractivity contribution in [3.8, 4) is 11.5 Å². The van der Waals surface area contributed by atoms with Gasteiger partial charge >= 0.3 is 5.97 Å². The Balaban J connectivity index is 3.22. The van der Waals surface area contributed by atoms with Gasteiger partial charge < -0.3 is 19.3 Å². The fourth-order valence-electron chi connectivity index (χ4n) is 1.47.